The number of ether oxygens (including phenoxy) is 2. The van der Waals surface area contributed by atoms with Crippen LogP contribution in [0.1, 0.15) is 37.0 Å². The summed E-state index contributed by atoms with van der Waals surface area (Å²) in [4.78, 5) is 4.26. The van der Waals surface area contributed by atoms with E-state index in [2.05, 4.69) is 34.7 Å². The summed E-state index contributed by atoms with van der Waals surface area (Å²) < 4.78 is 16.0. The van der Waals surface area contributed by atoms with Gasteiger partial charge in [-0.2, -0.15) is 0 Å². The molecular formula is C21H32IN3O3. The zero-order valence-electron chi connectivity index (χ0n) is 16.9. The van der Waals surface area contributed by atoms with Crippen molar-refractivity contribution in [2.24, 2.45) is 4.99 Å². The summed E-state index contributed by atoms with van der Waals surface area (Å²) >= 11 is 0. The summed E-state index contributed by atoms with van der Waals surface area (Å²) in [6, 6.07) is 12.0. The normalized spacial score (nSPS) is 12.2. The maximum Gasteiger partial charge on any atom is 0.190 e. The third-order valence-corrected chi connectivity index (χ3v) is 4.36. The third-order valence-electron chi connectivity index (χ3n) is 4.36. The van der Waals surface area contributed by atoms with Gasteiger partial charge in [-0.05, 0) is 48.6 Å². The average molecular weight is 501 g/mol. The van der Waals surface area contributed by atoms with Gasteiger partial charge in [-0.25, -0.2) is 0 Å². The van der Waals surface area contributed by atoms with Crippen LogP contribution in [-0.2, 0) is 11.3 Å². The van der Waals surface area contributed by atoms with Crippen molar-refractivity contribution in [1.29, 1.82) is 0 Å². The Balaban J connectivity index is 0.00000392. The topological polar surface area (TPSA) is 68.0 Å². The summed E-state index contributed by atoms with van der Waals surface area (Å²) in [5.41, 5.74) is 1.31. The minimum Gasteiger partial charge on any atom is -0.497 e. The summed E-state index contributed by atoms with van der Waals surface area (Å²) in [5, 5.41) is 6.67. The maximum absolute atomic E-state index is 5.57. The second-order valence-corrected chi connectivity index (χ2v) is 6.37. The lowest BCUT2D eigenvalue weighted by molar-refractivity contribution is 0.105. The molecule has 2 rings (SSSR count). The number of nitrogens with zero attached hydrogens (tertiary/aromatic N) is 1. The molecule has 28 heavy (non-hydrogen) atoms. The van der Waals surface area contributed by atoms with Gasteiger partial charge in [0.2, 0.25) is 0 Å². The molecule has 7 heteroatoms. The van der Waals surface area contributed by atoms with Crippen molar-refractivity contribution >= 4 is 29.9 Å². The minimum absolute atomic E-state index is 0. The molecule has 2 N–H and O–H groups in total. The van der Waals surface area contributed by atoms with Crippen molar-refractivity contribution in [3.05, 3.63) is 54.0 Å². The molecule has 0 bridgehead atoms. The molecule has 1 unspecified atom stereocenters. The first kappa shape index (κ1) is 24.3. The van der Waals surface area contributed by atoms with E-state index in [0.29, 0.717) is 19.1 Å². The van der Waals surface area contributed by atoms with Gasteiger partial charge in [0.15, 0.2) is 5.96 Å². The number of halogens is 1. The number of guanidine groups is 1. The van der Waals surface area contributed by atoms with Crippen LogP contribution in [0.4, 0.5) is 0 Å². The average Bonchev–Trinajstić information content (AvgIpc) is 3.22. The van der Waals surface area contributed by atoms with Crippen LogP contribution in [-0.4, -0.2) is 39.8 Å². The fourth-order valence-corrected chi connectivity index (χ4v) is 2.68. The Bertz CT molecular complexity index is 660. The van der Waals surface area contributed by atoms with Crippen LogP contribution >= 0.6 is 24.0 Å². The lowest BCUT2D eigenvalue weighted by Gasteiger charge is -2.15. The predicted octanol–water partition coefficient (Wildman–Crippen LogP) is 4.17. The molecule has 1 aromatic heterocycles. The highest BCUT2D eigenvalue weighted by atomic mass is 127. The number of aliphatic imine (C=N–C) groups is 1. The van der Waals surface area contributed by atoms with E-state index in [4.69, 9.17) is 13.9 Å². The SMILES string of the molecule is CN=C(NCCCOCc1ccco1)NCCC(C)c1ccc(OC)cc1.I. The van der Waals surface area contributed by atoms with Gasteiger partial charge in [0.05, 0.1) is 13.4 Å². The van der Waals surface area contributed by atoms with Crippen LogP contribution in [0.5, 0.6) is 5.75 Å². The standard InChI is InChI=1S/C21H31N3O3.HI/c1-17(18-7-9-19(25-3)10-8-18)11-13-24-21(22-2)23-12-5-14-26-16-20-6-4-15-27-20;/h4,6-10,15,17H,5,11-14,16H2,1-3H3,(H2,22,23,24);1H. The number of hydrogen-bond acceptors (Lipinski definition) is 4. The molecule has 0 aliphatic rings. The number of furan rings is 1. The van der Waals surface area contributed by atoms with Crippen LogP contribution in [0, 0.1) is 0 Å². The first-order valence-corrected chi connectivity index (χ1v) is 9.41. The van der Waals surface area contributed by atoms with Crippen LogP contribution in [0.15, 0.2) is 52.1 Å². The van der Waals surface area contributed by atoms with Gasteiger partial charge >= 0.3 is 0 Å². The molecule has 0 aliphatic carbocycles. The number of benzene rings is 1. The van der Waals surface area contributed by atoms with Crippen molar-refractivity contribution in [3.63, 3.8) is 0 Å². The number of methoxy groups -OCH3 is 1. The Hall–Kier alpha value is -1.74. The Morgan fingerprint density at radius 3 is 2.54 bits per heavy atom. The van der Waals surface area contributed by atoms with Crippen LogP contribution < -0.4 is 15.4 Å². The highest BCUT2D eigenvalue weighted by Crippen LogP contribution is 2.21. The zero-order valence-corrected chi connectivity index (χ0v) is 19.3. The maximum atomic E-state index is 5.57. The molecule has 2 aromatic rings. The van der Waals surface area contributed by atoms with E-state index in [1.807, 2.05) is 24.3 Å². The first-order chi connectivity index (χ1) is 13.2. The molecule has 0 aliphatic heterocycles. The third kappa shape index (κ3) is 8.97. The Morgan fingerprint density at radius 2 is 1.89 bits per heavy atom. The van der Waals surface area contributed by atoms with E-state index in [1.165, 1.54) is 5.56 Å². The highest BCUT2D eigenvalue weighted by Gasteiger charge is 2.06. The Labute approximate surface area is 185 Å². The molecule has 0 radical (unpaired) electrons. The van der Waals surface area contributed by atoms with E-state index in [0.717, 1.165) is 43.4 Å². The molecule has 1 heterocycles. The summed E-state index contributed by atoms with van der Waals surface area (Å²) in [6.45, 7) is 5.10. The van der Waals surface area contributed by atoms with Gasteiger partial charge in [0, 0.05) is 26.7 Å². The molecular weight excluding hydrogens is 469 g/mol. The van der Waals surface area contributed by atoms with E-state index in [-0.39, 0.29) is 24.0 Å². The molecule has 1 aromatic carbocycles. The number of rotatable bonds is 11. The Morgan fingerprint density at radius 1 is 1.14 bits per heavy atom. The monoisotopic (exact) mass is 501 g/mol. The molecule has 156 valence electrons. The van der Waals surface area contributed by atoms with Crippen LogP contribution in [0.25, 0.3) is 0 Å². The van der Waals surface area contributed by atoms with E-state index < -0.39 is 0 Å². The zero-order chi connectivity index (χ0) is 19.3. The van der Waals surface area contributed by atoms with Gasteiger partial charge in [0.1, 0.15) is 18.1 Å². The number of nitrogens with one attached hydrogen (secondary N) is 2. The van der Waals surface area contributed by atoms with Gasteiger partial charge in [-0.3, -0.25) is 4.99 Å². The second-order valence-electron chi connectivity index (χ2n) is 6.37. The summed E-state index contributed by atoms with van der Waals surface area (Å²) in [6.07, 6.45) is 3.59. The van der Waals surface area contributed by atoms with E-state index in [9.17, 15) is 0 Å². The van der Waals surface area contributed by atoms with Crippen molar-refractivity contribution < 1.29 is 13.9 Å². The molecule has 6 nitrogen and oxygen atoms in total. The van der Waals surface area contributed by atoms with E-state index >= 15 is 0 Å². The van der Waals surface area contributed by atoms with Crippen molar-refractivity contribution in [2.75, 3.05) is 33.9 Å². The van der Waals surface area contributed by atoms with Crippen molar-refractivity contribution in [3.8, 4) is 5.75 Å². The Kier molecular flexibility index (Phi) is 12.4. The van der Waals surface area contributed by atoms with Gasteiger partial charge in [0.25, 0.3) is 0 Å². The lowest BCUT2D eigenvalue weighted by Crippen LogP contribution is -2.38. The molecule has 0 saturated carbocycles. The first-order valence-electron chi connectivity index (χ1n) is 9.41. The fraction of sp³-hybridized carbons (Fsp3) is 0.476. The van der Waals surface area contributed by atoms with Gasteiger partial charge in [-0.1, -0.05) is 19.1 Å². The van der Waals surface area contributed by atoms with Gasteiger partial charge < -0.3 is 24.5 Å². The van der Waals surface area contributed by atoms with Crippen LogP contribution in [0.3, 0.4) is 0 Å². The van der Waals surface area contributed by atoms with Crippen molar-refractivity contribution in [1.82, 2.24) is 10.6 Å². The van der Waals surface area contributed by atoms with Gasteiger partial charge in [-0.15, -0.1) is 24.0 Å². The molecule has 0 saturated heterocycles. The summed E-state index contributed by atoms with van der Waals surface area (Å²) in [7, 11) is 3.47. The lowest BCUT2D eigenvalue weighted by atomic mass is 9.98. The smallest absolute Gasteiger partial charge is 0.190 e. The predicted molar refractivity (Wildman–Crippen MR) is 124 cm³/mol. The quantitative estimate of drug-likeness (QED) is 0.209. The minimum atomic E-state index is 0. The van der Waals surface area contributed by atoms with E-state index in [1.54, 1.807) is 20.4 Å². The fourth-order valence-electron chi connectivity index (χ4n) is 2.68. The largest absolute Gasteiger partial charge is 0.497 e. The molecule has 0 fully saturated rings. The highest BCUT2D eigenvalue weighted by molar-refractivity contribution is 14.0. The summed E-state index contributed by atoms with van der Waals surface area (Å²) in [5.74, 6) is 3.03. The molecule has 1 atom stereocenters. The van der Waals surface area contributed by atoms with Crippen molar-refractivity contribution in [2.45, 2.75) is 32.3 Å². The number of hydrogen-bond donors (Lipinski definition) is 2. The molecule has 0 amide bonds. The second kappa shape index (κ2) is 14.3. The molecule has 0 spiro atoms. The van der Waals surface area contributed by atoms with Crippen LogP contribution in [0.2, 0.25) is 0 Å².